The SMILES string of the molecule is CC(C)CC(NC(=O)c1ccc(Cl)cc1)C(=O)Nc1cccc(NC(=O)C(C)C)c1. The number of carbonyl (C=O) groups is 3. The lowest BCUT2D eigenvalue weighted by Gasteiger charge is -2.20. The summed E-state index contributed by atoms with van der Waals surface area (Å²) in [4.78, 5) is 37.3. The molecule has 0 aliphatic carbocycles. The molecule has 0 saturated carbocycles. The zero-order chi connectivity index (χ0) is 22.3. The highest BCUT2D eigenvalue weighted by atomic mass is 35.5. The molecule has 3 amide bonds. The van der Waals surface area contributed by atoms with Crippen LogP contribution in [-0.4, -0.2) is 23.8 Å². The maximum absolute atomic E-state index is 12.9. The van der Waals surface area contributed by atoms with Crippen LogP contribution in [0.4, 0.5) is 11.4 Å². The van der Waals surface area contributed by atoms with Crippen LogP contribution in [0.25, 0.3) is 0 Å². The Morgan fingerprint density at radius 1 is 0.867 bits per heavy atom. The number of carbonyl (C=O) groups excluding carboxylic acids is 3. The second-order valence-electron chi connectivity index (χ2n) is 7.88. The monoisotopic (exact) mass is 429 g/mol. The number of rotatable bonds is 8. The molecular weight excluding hydrogens is 402 g/mol. The lowest BCUT2D eigenvalue weighted by molar-refractivity contribution is -0.119. The van der Waals surface area contributed by atoms with Crippen molar-refractivity contribution in [3.05, 3.63) is 59.1 Å². The largest absolute Gasteiger partial charge is 0.340 e. The summed E-state index contributed by atoms with van der Waals surface area (Å²) in [5.41, 5.74) is 1.56. The molecule has 160 valence electrons. The van der Waals surface area contributed by atoms with Gasteiger partial charge in [0.1, 0.15) is 6.04 Å². The number of hydrogen-bond acceptors (Lipinski definition) is 3. The van der Waals surface area contributed by atoms with Crippen molar-refractivity contribution >= 4 is 40.7 Å². The Labute approximate surface area is 182 Å². The molecule has 0 aromatic heterocycles. The van der Waals surface area contributed by atoms with Gasteiger partial charge < -0.3 is 16.0 Å². The van der Waals surface area contributed by atoms with Crippen molar-refractivity contribution < 1.29 is 14.4 Å². The quantitative estimate of drug-likeness (QED) is 0.567. The summed E-state index contributed by atoms with van der Waals surface area (Å²) in [5, 5.41) is 8.97. The molecule has 30 heavy (non-hydrogen) atoms. The molecule has 2 aromatic carbocycles. The average molecular weight is 430 g/mol. The molecule has 2 rings (SSSR count). The van der Waals surface area contributed by atoms with Crippen molar-refractivity contribution in [3.63, 3.8) is 0 Å². The van der Waals surface area contributed by atoms with Crippen LogP contribution in [0.3, 0.4) is 0 Å². The number of anilines is 2. The van der Waals surface area contributed by atoms with E-state index >= 15 is 0 Å². The second kappa shape index (κ2) is 10.8. The van der Waals surface area contributed by atoms with E-state index in [0.29, 0.717) is 28.4 Å². The van der Waals surface area contributed by atoms with E-state index in [1.54, 1.807) is 62.4 Å². The normalized spacial score (nSPS) is 11.8. The fraction of sp³-hybridized carbons (Fsp3) is 0.348. The van der Waals surface area contributed by atoms with Crippen LogP contribution in [0.15, 0.2) is 48.5 Å². The first-order valence-electron chi connectivity index (χ1n) is 9.94. The minimum absolute atomic E-state index is 0.105. The first-order valence-corrected chi connectivity index (χ1v) is 10.3. The predicted octanol–water partition coefficient (Wildman–Crippen LogP) is 4.72. The van der Waals surface area contributed by atoms with Crippen molar-refractivity contribution in [3.8, 4) is 0 Å². The van der Waals surface area contributed by atoms with E-state index in [0.717, 1.165) is 0 Å². The van der Waals surface area contributed by atoms with Crippen LogP contribution in [0.2, 0.25) is 5.02 Å². The number of nitrogens with one attached hydrogen (secondary N) is 3. The van der Waals surface area contributed by atoms with E-state index < -0.39 is 6.04 Å². The van der Waals surface area contributed by atoms with Crippen molar-refractivity contribution in [2.24, 2.45) is 11.8 Å². The molecule has 3 N–H and O–H groups in total. The van der Waals surface area contributed by atoms with Crippen molar-refractivity contribution in [2.75, 3.05) is 10.6 Å². The Morgan fingerprint density at radius 2 is 1.43 bits per heavy atom. The van der Waals surface area contributed by atoms with Crippen LogP contribution in [0, 0.1) is 11.8 Å². The minimum Gasteiger partial charge on any atom is -0.340 e. The Balaban J connectivity index is 2.10. The zero-order valence-corrected chi connectivity index (χ0v) is 18.4. The molecule has 2 aromatic rings. The van der Waals surface area contributed by atoms with Gasteiger partial charge in [0.2, 0.25) is 11.8 Å². The van der Waals surface area contributed by atoms with E-state index in [4.69, 9.17) is 11.6 Å². The Kier molecular flexibility index (Phi) is 8.42. The first kappa shape index (κ1) is 23.4. The number of halogens is 1. The summed E-state index contributed by atoms with van der Waals surface area (Å²) in [6, 6.07) is 12.7. The van der Waals surface area contributed by atoms with Crippen LogP contribution in [0.1, 0.15) is 44.5 Å². The summed E-state index contributed by atoms with van der Waals surface area (Å²) >= 11 is 5.87. The highest BCUT2D eigenvalue weighted by Crippen LogP contribution is 2.17. The molecule has 6 nitrogen and oxygen atoms in total. The number of hydrogen-bond donors (Lipinski definition) is 3. The summed E-state index contributed by atoms with van der Waals surface area (Å²) in [6.07, 6.45) is 0.481. The maximum Gasteiger partial charge on any atom is 0.251 e. The molecule has 0 bridgehead atoms. The molecule has 0 heterocycles. The van der Waals surface area contributed by atoms with Gasteiger partial charge in [-0.1, -0.05) is 45.4 Å². The topological polar surface area (TPSA) is 87.3 Å². The summed E-state index contributed by atoms with van der Waals surface area (Å²) < 4.78 is 0. The minimum atomic E-state index is -0.706. The summed E-state index contributed by atoms with van der Waals surface area (Å²) in [5.74, 6) is -0.722. The van der Waals surface area contributed by atoms with Gasteiger partial charge in [-0.15, -0.1) is 0 Å². The smallest absolute Gasteiger partial charge is 0.251 e. The molecular formula is C23H28ClN3O3. The van der Waals surface area contributed by atoms with Crippen molar-refractivity contribution in [1.82, 2.24) is 5.32 Å². The van der Waals surface area contributed by atoms with Crippen molar-refractivity contribution in [1.29, 1.82) is 0 Å². The molecule has 0 aliphatic heterocycles. The van der Waals surface area contributed by atoms with Gasteiger partial charge >= 0.3 is 0 Å². The highest BCUT2D eigenvalue weighted by molar-refractivity contribution is 6.30. The van der Waals surface area contributed by atoms with Gasteiger partial charge in [-0.05, 0) is 54.8 Å². The van der Waals surface area contributed by atoms with Gasteiger partial charge in [0, 0.05) is 27.9 Å². The fourth-order valence-electron chi connectivity index (χ4n) is 2.74. The Morgan fingerprint density at radius 3 is 1.97 bits per heavy atom. The number of amides is 3. The summed E-state index contributed by atoms with van der Waals surface area (Å²) in [7, 11) is 0. The fourth-order valence-corrected chi connectivity index (χ4v) is 2.86. The lowest BCUT2D eigenvalue weighted by atomic mass is 10.0. The molecule has 0 aliphatic rings. The molecule has 0 spiro atoms. The Hall–Kier alpha value is -2.86. The van der Waals surface area contributed by atoms with E-state index in [9.17, 15) is 14.4 Å². The van der Waals surface area contributed by atoms with Gasteiger partial charge in [-0.25, -0.2) is 0 Å². The van der Waals surface area contributed by atoms with Gasteiger partial charge in [0.25, 0.3) is 5.91 Å². The van der Waals surface area contributed by atoms with Gasteiger partial charge in [-0.3, -0.25) is 14.4 Å². The highest BCUT2D eigenvalue weighted by Gasteiger charge is 2.23. The molecule has 1 unspecified atom stereocenters. The predicted molar refractivity (Wildman–Crippen MR) is 121 cm³/mol. The van der Waals surface area contributed by atoms with Crippen LogP contribution >= 0.6 is 11.6 Å². The standard InChI is InChI=1S/C23H28ClN3O3/c1-14(2)12-20(27-22(29)16-8-10-17(24)11-9-16)23(30)26-19-7-5-6-18(13-19)25-21(28)15(3)4/h5-11,13-15,20H,12H2,1-4H3,(H,25,28)(H,26,30)(H,27,29). The second-order valence-corrected chi connectivity index (χ2v) is 8.31. The number of benzene rings is 2. The molecule has 7 heteroatoms. The summed E-state index contributed by atoms with van der Waals surface area (Å²) in [6.45, 7) is 7.58. The van der Waals surface area contributed by atoms with Gasteiger partial charge in [0.05, 0.1) is 0 Å². The van der Waals surface area contributed by atoms with Crippen molar-refractivity contribution in [2.45, 2.75) is 40.2 Å². The lowest BCUT2D eigenvalue weighted by Crippen LogP contribution is -2.44. The first-order chi connectivity index (χ1) is 14.2. The third-order valence-corrected chi connectivity index (χ3v) is 4.61. The molecule has 0 fully saturated rings. The Bertz CT molecular complexity index is 895. The average Bonchev–Trinajstić information content (AvgIpc) is 2.67. The van der Waals surface area contributed by atoms with E-state index in [2.05, 4.69) is 16.0 Å². The molecule has 0 radical (unpaired) electrons. The van der Waals surface area contributed by atoms with E-state index in [-0.39, 0.29) is 29.6 Å². The van der Waals surface area contributed by atoms with E-state index in [1.165, 1.54) is 0 Å². The molecule has 1 atom stereocenters. The van der Waals surface area contributed by atoms with Crippen LogP contribution in [-0.2, 0) is 9.59 Å². The van der Waals surface area contributed by atoms with E-state index in [1.807, 2.05) is 13.8 Å². The van der Waals surface area contributed by atoms with Gasteiger partial charge in [-0.2, -0.15) is 0 Å². The third kappa shape index (κ3) is 7.19. The molecule has 0 saturated heterocycles. The van der Waals surface area contributed by atoms with Crippen LogP contribution < -0.4 is 16.0 Å². The third-order valence-electron chi connectivity index (χ3n) is 4.36. The maximum atomic E-state index is 12.9. The van der Waals surface area contributed by atoms with Gasteiger partial charge in [0.15, 0.2) is 0 Å². The van der Waals surface area contributed by atoms with Crippen LogP contribution in [0.5, 0.6) is 0 Å². The zero-order valence-electron chi connectivity index (χ0n) is 17.7.